The van der Waals surface area contributed by atoms with Crippen molar-refractivity contribution >= 4 is 34.2 Å². The Kier molecular flexibility index (Phi) is 7.15. The standard InChI is InChI=1S/C17H22N4O6S/c1-10-7-21(27)9-11(18-10)8-20(2)14-5-4-13(28-14)16(24)19-12(17(25)26)3-6-15(22)23/h4-5,7,9,12,18,21H,3,6,8H2,1-2H3,(H,19,24)(H,22,23)(H,25,26)/t12-/m0/s1. The fourth-order valence-corrected chi connectivity index (χ4v) is 3.45. The molecule has 2 atom stereocenters. The number of hydrogen-bond donors (Lipinski definition) is 5. The van der Waals surface area contributed by atoms with Crippen molar-refractivity contribution in [2.75, 3.05) is 18.5 Å². The molecular weight excluding hydrogens is 388 g/mol. The number of hydroxylamine groups is 2. The third-order valence-corrected chi connectivity index (χ3v) is 5.08. The molecule has 1 aromatic heterocycles. The normalized spacial score (nSPS) is 17.0. The minimum Gasteiger partial charge on any atom is -0.624 e. The number of allylic oxidation sites excluding steroid dienone is 1. The van der Waals surface area contributed by atoms with Crippen molar-refractivity contribution in [2.24, 2.45) is 0 Å². The molecule has 0 spiro atoms. The van der Waals surface area contributed by atoms with Crippen LogP contribution < -0.4 is 20.6 Å². The zero-order chi connectivity index (χ0) is 20.8. The SMILES string of the molecule is CC1=C[NH+]([O-])C=C(CN(C)c2ccc(C(=O)N[C@@H](CCC(=O)O)C(=O)O)s2)N1. The van der Waals surface area contributed by atoms with E-state index >= 15 is 0 Å². The number of nitrogens with zero attached hydrogens (tertiary/aromatic N) is 1. The lowest BCUT2D eigenvalue weighted by Crippen LogP contribution is -2.98. The Morgan fingerprint density at radius 1 is 1.32 bits per heavy atom. The predicted molar refractivity (Wildman–Crippen MR) is 103 cm³/mol. The summed E-state index contributed by atoms with van der Waals surface area (Å²) in [6.45, 7) is 2.22. The highest BCUT2D eigenvalue weighted by molar-refractivity contribution is 7.18. The molecule has 2 rings (SSSR count). The minimum absolute atomic E-state index is 0.0908. The monoisotopic (exact) mass is 410 g/mol. The number of hydrogen-bond acceptors (Lipinski definition) is 7. The second kappa shape index (κ2) is 9.35. The largest absolute Gasteiger partial charge is 0.624 e. The Morgan fingerprint density at radius 2 is 2.04 bits per heavy atom. The summed E-state index contributed by atoms with van der Waals surface area (Å²) in [6.07, 6.45) is 2.45. The van der Waals surface area contributed by atoms with E-state index in [0.717, 1.165) is 16.4 Å². The molecule has 152 valence electrons. The van der Waals surface area contributed by atoms with Gasteiger partial charge in [0, 0.05) is 13.5 Å². The molecule has 0 saturated carbocycles. The Labute approximate surface area is 165 Å². The Morgan fingerprint density at radius 3 is 2.64 bits per heavy atom. The van der Waals surface area contributed by atoms with Crippen LogP contribution in [0.25, 0.3) is 0 Å². The van der Waals surface area contributed by atoms with Crippen molar-refractivity contribution in [3.8, 4) is 0 Å². The van der Waals surface area contributed by atoms with Crippen molar-refractivity contribution in [3.05, 3.63) is 46.0 Å². The highest BCUT2D eigenvalue weighted by atomic mass is 32.1. The maximum absolute atomic E-state index is 12.3. The van der Waals surface area contributed by atoms with Crippen LogP contribution in [0.2, 0.25) is 0 Å². The summed E-state index contributed by atoms with van der Waals surface area (Å²) in [5.41, 5.74) is 1.48. The van der Waals surface area contributed by atoms with Crippen LogP contribution in [0, 0.1) is 5.21 Å². The van der Waals surface area contributed by atoms with Gasteiger partial charge in [-0.05, 0) is 25.5 Å². The lowest BCUT2D eigenvalue weighted by molar-refractivity contribution is -0.732. The lowest BCUT2D eigenvalue weighted by atomic mass is 10.1. The van der Waals surface area contributed by atoms with Crippen LogP contribution in [-0.2, 0) is 9.59 Å². The van der Waals surface area contributed by atoms with Crippen LogP contribution in [0.15, 0.2) is 35.9 Å². The smallest absolute Gasteiger partial charge is 0.326 e. The average Bonchev–Trinajstić information content (AvgIpc) is 3.07. The number of likely N-dealkylation sites (N-methyl/N-ethyl adjacent to an activating group) is 1. The molecule has 0 aliphatic carbocycles. The number of carbonyl (C=O) groups is 3. The third kappa shape index (κ3) is 6.08. The zero-order valence-electron chi connectivity index (χ0n) is 15.4. The van der Waals surface area contributed by atoms with Crippen molar-refractivity contribution < 1.29 is 29.7 Å². The molecule has 1 unspecified atom stereocenters. The molecule has 0 fully saturated rings. The van der Waals surface area contributed by atoms with Gasteiger partial charge in [0.25, 0.3) is 5.91 Å². The lowest BCUT2D eigenvalue weighted by Gasteiger charge is -2.25. The highest BCUT2D eigenvalue weighted by Crippen LogP contribution is 2.25. The number of rotatable bonds is 9. The van der Waals surface area contributed by atoms with E-state index in [4.69, 9.17) is 10.2 Å². The van der Waals surface area contributed by atoms with E-state index in [9.17, 15) is 19.6 Å². The summed E-state index contributed by atoms with van der Waals surface area (Å²) in [5, 5.41) is 35.6. The van der Waals surface area contributed by atoms with Crippen molar-refractivity contribution in [3.63, 3.8) is 0 Å². The van der Waals surface area contributed by atoms with Crippen molar-refractivity contribution in [1.82, 2.24) is 10.6 Å². The molecule has 28 heavy (non-hydrogen) atoms. The molecule has 0 aromatic carbocycles. The second-order valence-corrected chi connectivity index (χ2v) is 7.38. The van der Waals surface area contributed by atoms with Crippen LogP contribution in [0.5, 0.6) is 0 Å². The number of carboxylic acid groups (broad SMARTS) is 2. The molecule has 1 aliphatic rings. The van der Waals surface area contributed by atoms with E-state index in [1.807, 2.05) is 4.90 Å². The Balaban J connectivity index is 1.99. The number of carboxylic acids is 2. The summed E-state index contributed by atoms with van der Waals surface area (Å²) in [4.78, 5) is 36.3. The minimum atomic E-state index is -1.29. The van der Waals surface area contributed by atoms with Crippen molar-refractivity contribution in [2.45, 2.75) is 25.8 Å². The fraction of sp³-hybridized carbons (Fsp3) is 0.353. The van der Waals surface area contributed by atoms with Gasteiger partial charge >= 0.3 is 11.9 Å². The molecule has 2 heterocycles. The van der Waals surface area contributed by atoms with Crippen LogP contribution >= 0.6 is 11.3 Å². The Hall–Kier alpha value is -2.89. The van der Waals surface area contributed by atoms with Gasteiger partial charge in [0.1, 0.15) is 18.4 Å². The van der Waals surface area contributed by atoms with Gasteiger partial charge in [-0.15, -0.1) is 11.3 Å². The van der Waals surface area contributed by atoms with Gasteiger partial charge < -0.3 is 36.0 Å². The van der Waals surface area contributed by atoms with Crippen LogP contribution in [0.3, 0.4) is 0 Å². The van der Waals surface area contributed by atoms with Gasteiger partial charge in [-0.2, -0.15) is 0 Å². The first-order valence-electron chi connectivity index (χ1n) is 8.42. The zero-order valence-corrected chi connectivity index (χ0v) is 16.2. The number of aliphatic carboxylic acids is 2. The number of carbonyl (C=O) groups excluding carboxylic acids is 1. The molecule has 1 aromatic rings. The van der Waals surface area contributed by atoms with Gasteiger partial charge in [0.05, 0.1) is 27.8 Å². The summed E-state index contributed by atoms with van der Waals surface area (Å²) < 4.78 is 0. The average molecular weight is 410 g/mol. The first-order valence-corrected chi connectivity index (χ1v) is 9.23. The van der Waals surface area contributed by atoms with E-state index in [0.29, 0.717) is 11.4 Å². The molecule has 11 heteroatoms. The van der Waals surface area contributed by atoms with E-state index in [2.05, 4.69) is 10.6 Å². The highest BCUT2D eigenvalue weighted by Gasteiger charge is 2.23. The van der Waals surface area contributed by atoms with Gasteiger partial charge in [0.2, 0.25) is 0 Å². The first-order chi connectivity index (χ1) is 13.2. The molecule has 10 nitrogen and oxygen atoms in total. The molecule has 0 saturated heterocycles. The van der Waals surface area contributed by atoms with Gasteiger partial charge in [-0.25, -0.2) is 4.79 Å². The maximum Gasteiger partial charge on any atom is 0.326 e. The van der Waals surface area contributed by atoms with Gasteiger partial charge in [-0.3, -0.25) is 9.59 Å². The predicted octanol–water partition coefficient (Wildman–Crippen LogP) is -0.0793. The van der Waals surface area contributed by atoms with E-state index in [1.54, 1.807) is 26.1 Å². The molecule has 0 bridgehead atoms. The van der Waals surface area contributed by atoms with E-state index < -0.39 is 23.9 Å². The molecule has 1 aliphatic heterocycles. The number of quaternary nitrogens is 1. The number of nitrogens with one attached hydrogen (secondary N) is 3. The van der Waals surface area contributed by atoms with Crippen LogP contribution in [-0.4, -0.2) is 47.7 Å². The summed E-state index contributed by atoms with van der Waals surface area (Å²) in [5.74, 6) is -2.99. The van der Waals surface area contributed by atoms with Gasteiger partial charge in [0.15, 0.2) is 0 Å². The first kappa shape index (κ1) is 21.4. The molecular formula is C17H22N4O6S. The van der Waals surface area contributed by atoms with Crippen LogP contribution in [0.1, 0.15) is 29.4 Å². The topological polar surface area (TPSA) is 146 Å². The maximum atomic E-state index is 12.3. The van der Waals surface area contributed by atoms with E-state index in [1.165, 1.54) is 23.7 Å². The summed E-state index contributed by atoms with van der Waals surface area (Å²) >= 11 is 1.17. The second-order valence-electron chi connectivity index (χ2n) is 6.31. The number of thiophene rings is 1. The van der Waals surface area contributed by atoms with E-state index in [-0.39, 0.29) is 17.9 Å². The molecule has 5 N–H and O–H groups in total. The molecule has 0 radical (unpaired) electrons. The number of anilines is 1. The molecule has 1 amide bonds. The Bertz CT molecular complexity index is 818. The quantitative estimate of drug-likeness (QED) is 0.355. The summed E-state index contributed by atoms with van der Waals surface area (Å²) in [7, 11) is 1.81. The van der Waals surface area contributed by atoms with Crippen molar-refractivity contribution in [1.29, 1.82) is 0 Å². The summed E-state index contributed by atoms with van der Waals surface area (Å²) in [6, 6.07) is 2.02. The third-order valence-electron chi connectivity index (χ3n) is 3.88. The van der Waals surface area contributed by atoms with Crippen LogP contribution in [0.4, 0.5) is 5.00 Å². The van der Waals surface area contributed by atoms with Gasteiger partial charge in [-0.1, -0.05) is 0 Å². The fourth-order valence-electron chi connectivity index (χ4n) is 2.58. The number of amides is 1.